The molecule has 0 aliphatic carbocycles. The molecule has 0 amide bonds. The Hall–Kier alpha value is -3.10. The van der Waals surface area contributed by atoms with Gasteiger partial charge in [-0.1, -0.05) is 11.1 Å². The zero-order chi connectivity index (χ0) is 14.8. The number of hydrogen-bond donors (Lipinski definition) is 0. The molecule has 0 atom stereocenters. The van der Waals surface area contributed by atoms with Gasteiger partial charge in [0.15, 0.2) is 0 Å². The van der Waals surface area contributed by atoms with Crippen molar-refractivity contribution in [3.8, 4) is 11.5 Å². The molecule has 0 spiro atoms. The molecule has 0 radical (unpaired) electrons. The van der Waals surface area contributed by atoms with Crippen molar-refractivity contribution in [3.05, 3.63) is 58.5 Å². The highest BCUT2D eigenvalue weighted by molar-refractivity contribution is 5.52. The second-order valence-electron chi connectivity index (χ2n) is 4.15. The maximum atomic E-state index is 13.1. The summed E-state index contributed by atoms with van der Waals surface area (Å²) in [5.41, 5.74) is 1.000. The van der Waals surface area contributed by atoms with Crippen molar-refractivity contribution in [1.29, 1.82) is 0 Å². The molecular formula is C12H8FN5O3. The molecule has 3 aromatic rings. The van der Waals surface area contributed by atoms with Gasteiger partial charge < -0.3 is 14.5 Å². The first-order valence-electron chi connectivity index (χ1n) is 5.86. The quantitative estimate of drug-likeness (QED) is 0.538. The SMILES string of the molecule is O=[N+]([O-])c1ncn(Cc2coc(-c3cccc(F)c3)n2)n1. The van der Waals surface area contributed by atoms with Gasteiger partial charge in [0.05, 0.1) is 0 Å². The number of aromatic nitrogens is 4. The van der Waals surface area contributed by atoms with Gasteiger partial charge in [-0.2, -0.15) is 4.68 Å². The number of hydrogen-bond acceptors (Lipinski definition) is 6. The smallest absolute Gasteiger partial charge is 0.444 e. The molecule has 21 heavy (non-hydrogen) atoms. The van der Waals surface area contributed by atoms with E-state index in [4.69, 9.17) is 4.42 Å². The summed E-state index contributed by atoms with van der Waals surface area (Å²) in [6.45, 7) is 0.166. The highest BCUT2D eigenvalue weighted by Crippen LogP contribution is 2.19. The van der Waals surface area contributed by atoms with E-state index in [9.17, 15) is 14.5 Å². The van der Waals surface area contributed by atoms with Crippen molar-refractivity contribution in [2.24, 2.45) is 0 Å². The van der Waals surface area contributed by atoms with Gasteiger partial charge in [0.25, 0.3) is 0 Å². The van der Waals surface area contributed by atoms with Crippen molar-refractivity contribution in [3.63, 3.8) is 0 Å². The van der Waals surface area contributed by atoms with E-state index in [2.05, 4.69) is 15.1 Å². The summed E-state index contributed by atoms with van der Waals surface area (Å²) in [6, 6.07) is 5.84. The predicted molar refractivity (Wildman–Crippen MR) is 67.7 cm³/mol. The average Bonchev–Trinajstić information content (AvgIpc) is 3.08. The second kappa shape index (κ2) is 5.12. The Kier molecular flexibility index (Phi) is 3.14. The fourth-order valence-electron chi connectivity index (χ4n) is 1.74. The minimum atomic E-state index is -0.683. The lowest BCUT2D eigenvalue weighted by Gasteiger charge is -1.94. The van der Waals surface area contributed by atoms with E-state index in [1.807, 2.05) is 0 Å². The molecule has 0 saturated heterocycles. The third-order valence-corrected chi connectivity index (χ3v) is 2.63. The fraction of sp³-hybridized carbons (Fsp3) is 0.0833. The van der Waals surface area contributed by atoms with Crippen LogP contribution in [0.25, 0.3) is 11.5 Å². The Labute approximate surface area is 117 Å². The molecule has 8 nitrogen and oxygen atoms in total. The molecule has 0 unspecified atom stereocenters. The molecule has 0 aliphatic rings. The fourth-order valence-corrected chi connectivity index (χ4v) is 1.74. The summed E-state index contributed by atoms with van der Waals surface area (Å²) in [4.78, 5) is 17.5. The van der Waals surface area contributed by atoms with Crippen LogP contribution in [-0.2, 0) is 6.54 Å². The first-order valence-corrected chi connectivity index (χ1v) is 5.86. The lowest BCUT2D eigenvalue weighted by atomic mass is 10.2. The Balaban J connectivity index is 1.80. The van der Waals surface area contributed by atoms with Crippen LogP contribution in [-0.4, -0.2) is 24.7 Å². The molecule has 2 aromatic heterocycles. The van der Waals surface area contributed by atoms with Gasteiger partial charge in [-0.05, 0) is 23.1 Å². The van der Waals surface area contributed by atoms with Crippen LogP contribution >= 0.6 is 0 Å². The normalized spacial score (nSPS) is 10.7. The van der Waals surface area contributed by atoms with Crippen molar-refractivity contribution >= 4 is 5.95 Å². The molecule has 3 rings (SSSR count). The molecular weight excluding hydrogens is 281 g/mol. The molecule has 0 bridgehead atoms. The van der Waals surface area contributed by atoms with E-state index in [1.54, 1.807) is 12.1 Å². The first-order chi connectivity index (χ1) is 10.1. The molecule has 0 N–H and O–H groups in total. The molecule has 0 fully saturated rings. The van der Waals surface area contributed by atoms with Crippen LogP contribution in [0.5, 0.6) is 0 Å². The number of rotatable bonds is 4. The van der Waals surface area contributed by atoms with E-state index in [0.29, 0.717) is 11.3 Å². The Bertz CT molecular complexity index is 798. The maximum Gasteiger partial charge on any atom is 0.490 e. The molecule has 0 saturated carbocycles. The van der Waals surface area contributed by atoms with E-state index < -0.39 is 10.9 Å². The van der Waals surface area contributed by atoms with Gasteiger partial charge in [-0.3, -0.25) is 0 Å². The maximum absolute atomic E-state index is 13.1. The van der Waals surface area contributed by atoms with Gasteiger partial charge >= 0.3 is 5.95 Å². The van der Waals surface area contributed by atoms with E-state index >= 15 is 0 Å². The highest BCUT2D eigenvalue weighted by Gasteiger charge is 2.15. The minimum absolute atomic E-state index is 0.166. The lowest BCUT2D eigenvalue weighted by molar-refractivity contribution is -0.394. The van der Waals surface area contributed by atoms with Crippen LogP contribution in [0.3, 0.4) is 0 Å². The molecule has 1 aromatic carbocycles. The highest BCUT2D eigenvalue weighted by atomic mass is 19.1. The summed E-state index contributed by atoms with van der Waals surface area (Å²) >= 11 is 0. The van der Waals surface area contributed by atoms with Gasteiger partial charge in [0, 0.05) is 10.7 Å². The number of halogens is 1. The molecule has 0 aliphatic heterocycles. The van der Waals surface area contributed by atoms with E-state index in [0.717, 1.165) is 0 Å². The van der Waals surface area contributed by atoms with Crippen LogP contribution < -0.4 is 0 Å². The van der Waals surface area contributed by atoms with Crippen LogP contribution in [0.2, 0.25) is 0 Å². The van der Waals surface area contributed by atoms with Crippen molar-refractivity contribution < 1.29 is 13.7 Å². The third-order valence-electron chi connectivity index (χ3n) is 2.63. The van der Waals surface area contributed by atoms with Crippen molar-refractivity contribution in [2.75, 3.05) is 0 Å². The first kappa shape index (κ1) is 12.9. The van der Waals surface area contributed by atoms with Crippen molar-refractivity contribution in [1.82, 2.24) is 19.7 Å². The molecule has 106 valence electrons. The average molecular weight is 289 g/mol. The minimum Gasteiger partial charge on any atom is -0.444 e. The van der Waals surface area contributed by atoms with Crippen molar-refractivity contribution in [2.45, 2.75) is 6.54 Å². The van der Waals surface area contributed by atoms with Gasteiger partial charge in [0.2, 0.25) is 12.2 Å². The van der Waals surface area contributed by atoms with Gasteiger partial charge in [-0.15, -0.1) is 0 Å². The predicted octanol–water partition coefficient (Wildman–Crippen LogP) is 2.03. The zero-order valence-electron chi connectivity index (χ0n) is 10.5. The number of nitro groups is 1. The Morgan fingerprint density at radius 2 is 2.29 bits per heavy atom. The monoisotopic (exact) mass is 289 g/mol. The summed E-state index contributed by atoms with van der Waals surface area (Å²) in [6.07, 6.45) is 2.61. The molecule has 9 heteroatoms. The van der Waals surface area contributed by atoms with Gasteiger partial charge in [0.1, 0.15) is 24.3 Å². The topological polar surface area (TPSA) is 99.9 Å². The Morgan fingerprint density at radius 1 is 1.43 bits per heavy atom. The number of oxazole rings is 1. The van der Waals surface area contributed by atoms with E-state index in [1.165, 1.54) is 29.4 Å². The summed E-state index contributed by atoms with van der Waals surface area (Å²) in [5, 5.41) is 14.2. The number of nitrogens with zero attached hydrogens (tertiary/aromatic N) is 5. The van der Waals surface area contributed by atoms with Gasteiger partial charge in [-0.25, -0.2) is 9.37 Å². The lowest BCUT2D eigenvalue weighted by Crippen LogP contribution is -2.01. The third kappa shape index (κ3) is 2.76. The van der Waals surface area contributed by atoms with Crippen LogP contribution in [0.4, 0.5) is 10.3 Å². The standard InChI is InChI=1S/C12H8FN5O3/c13-9-3-1-2-8(4-9)11-15-10(6-21-11)5-17-7-14-12(16-17)18(19)20/h1-4,6-7H,5H2. The van der Waals surface area contributed by atoms with Crippen LogP contribution in [0, 0.1) is 15.9 Å². The largest absolute Gasteiger partial charge is 0.490 e. The van der Waals surface area contributed by atoms with Crippen LogP contribution in [0.15, 0.2) is 41.3 Å². The summed E-state index contributed by atoms with van der Waals surface area (Å²) < 4.78 is 19.7. The zero-order valence-corrected chi connectivity index (χ0v) is 10.5. The van der Waals surface area contributed by atoms with Crippen LogP contribution in [0.1, 0.15) is 5.69 Å². The summed E-state index contributed by atoms with van der Waals surface area (Å²) in [5.74, 6) is -0.609. The van der Waals surface area contributed by atoms with E-state index in [-0.39, 0.29) is 18.3 Å². The Morgan fingerprint density at radius 3 is 3.00 bits per heavy atom. The second-order valence-corrected chi connectivity index (χ2v) is 4.15. The molecule has 2 heterocycles. The summed E-state index contributed by atoms with van der Waals surface area (Å²) in [7, 11) is 0. The number of benzene rings is 1.